The van der Waals surface area contributed by atoms with Gasteiger partial charge in [-0.1, -0.05) is 0 Å². The smallest absolute Gasteiger partial charge is 0.179 e. The molecule has 2 aromatic rings. The highest BCUT2D eigenvalue weighted by molar-refractivity contribution is 6.20. The first-order chi connectivity index (χ1) is 7.50. The molecule has 2 heterocycles. The van der Waals surface area contributed by atoms with Crippen LogP contribution in [0.15, 0.2) is 12.1 Å². The number of alkyl halides is 1. The maximum atomic E-state index is 6.13. The number of fused-ring (bicyclic) bond motifs is 1. The second-order valence-corrected chi connectivity index (χ2v) is 4.70. The van der Waals surface area contributed by atoms with E-state index in [0.29, 0.717) is 0 Å². The van der Waals surface area contributed by atoms with Crippen LogP contribution in [0.4, 0.5) is 0 Å². The molecule has 0 amide bonds. The summed E-state index contributed by atoms with van der Waals surface area (Å²) in [5.41, 5.74) is 2.71. The largest absolute Gasteiger partial charge is 0.316 e. The molecule has 0 spiro atoms. The lowest BCUT2D eigenvalue weighted by Crippen LogP contribution is -2.27. The topological polar surface area (TPSA) is 34.0 Å². The lowest BCUT2D eigenvalue weighted by molar-refractivity contribution is 0.688. The molecule has 0 saturated heterocycles. The number of nitrogens with zero attached hydrogens (tertiary/aromatic N) is 4. The van der Waals surface area contributed by atoms with Gasteiger partial charge in [-0.2, -0.15) is 0 Å². The van der Waals surface area contributed by atoms with E-state index in [0.717, 1.165) is 22.7 Å². The highest BCUT2D eigenvalue weighted by Crippen LogP contribution is 2.23. The lowest BCUT2D eigenvalue weighted by atomic mass is 10.3. The first-order valence-electron chi connectivity index (χ1n) is 5.18. The van der Waals surface area contributed by atoms with Crippen molar-refractivity contribution < 1.29 is 0 Å². The fourth-order valence-electron chi connectivity index (χ4n) is 1.71. The van der Waals surface area contributed by atoms with Crippen molar-refractivity contribution >= 4 is 22.8 Å². The minimum Gasteiger partial charge on any atom is -0.316 e. The lowest BCUT2D eigenvalue weighted by Gasteiger charge is -2.18. The van der Waals surface area contributed by atoms with Crippen LogP contribution in [-0.4, -0.2) is 28.7 Å². The summed E-state index contributed by atoms with van der Waals surface area (Å²) in [4.78, 5) is 9.00. The number of aromatic nitrogens is 3. The fraction of sp³-hybridized carbons (Fsp3) is 0.455. The minimum atomic E-state index is -0.142. The van der Waals surface area contributed by atoms with Gasteiger partial charge in [-0.3, -0.25) is 0 Å². The van der Waals surface area contributed by atoms with Gasteiger partial charge < -0.3 is 5.01 Å². The monoisotopic (exact) mass is 238 g/mol. The van der Waals surface area contributed by atoms with Crippen molar-refractivity contribution in [3.8, 4) is 0 Å². The number of hydrogen-bond donors (Lipinski definition) is 0. The van der Waals surface area contributed by atoms with Gasteiger partial charge in [0.1, 0.15) is 11.3 Å². The maximum Gasteiger partial charge on any atom is 0.179 e. The third-order valence-electron chi connectivity index (χ3n) is 2.40. The predicted octanol–water partition coefficient (Wildman–Crippen LogP) is 2.24. The van der Waals surface area contributed by atoms with Gasteiger partial charge in [-0.05, 0) is 26.0 Å². The molecule has 1 atom stereocenters. The second-order valence-electron chi connectivity index (χ2n) is 4.04. The Labute approximate surface area is 99.8 Å². The quantitative estimate of drug-likeness (QED) is 0.753. The van der Waals surface area contributed by atoms with Crippen LogP contribution < -0.4 is 5.01 Å². The molecular weight excluding hydrogens is 224 g/mol. The normalized spacial score (nSPS) is 13.1. The molecule has 0 saturated carbocycles. The van der Waals surface area contributed by atoms with Crippen molar-refractivity contribution in [3.05, 3.63) is 23.7 Å². The molecule has 0 aliphatic heterocycles. The zero-order chi connectivity index (χ0) is 11.9. The van der Waals surface area contributed by atoms with Crippen LogP contribution in [0.1, 0.15) is 23.8 Å². The van der Waals surface area contributed by atoms with E-state index in [9.17, 15) is 0 Å². The molecule has 0 N–H and O–H groups in total. The third kappa shape index (κ3) is 1.73. The summed E-state index contributed by atoms with van der Waals surface area (Å²) in [5.74, 6) is 0.819. The van der Waals surface area contributed by atoms with Crippen molar-refractivity contribution in [2.75, 3.05) is 19.1 Å². The first kappa shape index (κ1) is 11.2. The zero-order valence-corrected chi connectivity index (χ0v) is 10.7. The fourth-order valence-corrected chi connectivity index (χ4v) is 1.85. The highest BCUT2D eigenvalue weighted by Gasteiger charge is 2.17. The molecule has 0 aliphatic carbocycles. The van der Waals surface area contributed by atoms with Crippen LogP contribution in [0.5, 0.6) is 0 Å². The second kappa shape index (κ2) is 3.94. The Bertz CT molecular complexity index is 516. The number of aryl methyl sites for hydroxylation is 1. The van der Waals surface area contributed by atoms with Gasteiger partial charge in [0.2, 0.25) is 0 Å². The summed E-state index contributed by atoms with van der Waals surface area (Å²) in [6.45, 7) is 3.88. The molecule has 16 heavy (non-hydrogen) atoms. The third-order valence-corrected chi connectivity index (χ3v) is 2.60. The highest BCUT2D eigenvalue weighted by atomic mass is 35.5. The van der Waals surface area contributed by atoms with Gasteiger partial charge >= 0.3 is 0 Å². The average molecular weight is 239 g/mol. The van der Waals surface area contributed by atoms with E-state index in [1.165, 1.54) is 0 Å². The van der Waals surface area contributed by atoms with Crippen LogP contribution in [-0.2, 0) is 0 Å². The molecule has 0 radical (unpaired) electrons. The molecule has 86 valence electrons. The number of hydrogen-bond acceptors (Lipinski definition) is 3. The van der Waals surface area contributed by atoms with Gasteiger partial charge in [0.25, 0.3) is 0 Å². The summed E-state index contributed by atoms with van der Waals surface area (Å²) >= 11 is 6.13. The molecule has 2 rings (SSSR count). The molecule has 0 aliphatic rings. The Morgan fingerprint density at radius 2 is 2.00 bits per heavy atom. The molecule has 0 fully saturated rings. The Hall–Kier alpha value is -1.29. The van der Waals surface area contributed by atoms with Gasteiger partial charge in [-0.15, -0.1) is 11.6 Å². The summed E-state index contributed by atoms with van der Waals surface area (Å²) in [6, 6.07) is 3.93. The predicted molar refractivity (Wildman–Crippen MR) is 66.6 cm³/mol. The van der Waals surface area contributed by atoms with Crippen molar-refractivity contribution in [3.63, 3.8) is 0 Å². The molecule has 2 aromatic heterocycles. The number of imidazole rings is 1. The van der Waals surface area contributed by atoms with Gasteiger partial charge in [0.05, 0.1) is 5.38 Å². The summed E-state index contributed by atoms with van der Waals surface area (Å²) in [5, 5.41) is 1.80. The van der Waals surface area contributed by atoms with Crippen molar-refractivity contribution in [2.45, 2.75) is 19.2 Å². The van der Waals surface area contributed by atoms with E-state index < -0.39 is 0 Å². The molecule has 0 aromatic carbocycles. The molecule has 4 nitrogen and oxygen atoms in total. The van der Waals surface area contributed by atoms with Crippen LogP contribution in [0.3, 0.4) is 0 Å². The van der Waals surface area contributed by atoms with Crippen LogP contribution in [0.25, 0.3) is 11.2 Å². The Morgan fingerprint density at radius 3 is 2.56 bits per heavy atom. The average Bonchev–Trinajstić information content (AvgIpc) is 2.55. The van der Waals surface area contributed by atoms with Gasteiger partial charge in [-0.25, -0.2) is 14.6 Å². The van der Waals surface area contributed by atoms with Crippen LogP contribution in [0.2, 0.25) is 0 Å². The van der Waals surface area contributed by atoms with Crippen molar-refractivity contribution in [1.29, 1.82) is 0 Å². The van der Waals surface area contributed by atoms with Gasteiger partial charge in [0, 0.05) is 19.8 Å². The summed E-state index contributed by atoms with van der Waals surface area (Å²) in [6.07, 6.45) is 0. The maximum absolute atomic E-state index is 6.13. The zero-order valence-electron chi connectivity index (χ0n) is 9.90. The molecule has 0 bridgehead atoms. The Kier molecular flexibility index (Phi) is 2.76. The SMILES string of the molecule is Cc1ccc2nc(C(C)Cl)n(N(C)C)c2n1. The van der Waals surface area contributed by atoms with E-state index in [4.69, 9.17) is 11.6 Å². The van der Waals surface area contributed by atoms with Crippen LogP contribution >= 0.6 is 11.6 Å². The molecule has 5 heteroatoms. The van der Waals surface area contributed by atoms with Gasteiger partial charge in [0.15, 0.2) is 5.65 Å². The molecule has 1 unspecified atom stereocenters. The summed E-state index contributed by atoms with van der Waals surface area (Å²) < 4.78 is 1.94. The number of rotatable bonds is 2. The number of halogens is 1. The van der Waals surface area contributed by atoms with E-state index in [1.807, 2.05) is 49.8 Å². The minimum absolute atomic E-state index is 0.142. The van der Waals surface area contributed by atoms with Crippen molar-refractivity contribution in [2.24, 2.45) is 0 Å². The van der Waals surface area contributed by atoms with Crippen LogP contribution in [0, 0.1) is 6.92 Å². The molecular formula is C11H15ClN4. The standard InChI is InChI=1S/C11H15ClN4/c1-7-5-6-9-11(13-7)16(15(3)4)10(14-9)8(2)12/h5-6,8H,1-4H3. The van der Waals surface area contributed by atoms with E-state index >= 15 is 0 Å². The first-order valence-corrected chi connectivity index (χ1v) is 5.62. The van der Waals surface area contributed by atoms with Crippen molar-refractivity contribution in [1.82, 2.24) is 14.6 Å². The Balaban J connectivity index is 2.77. The van der Waals surface area contributed by atoms with E-state index in [2.05, 4.69) is 9.97 Å². The Morgan fingerprint density at radius 1 is 1.31 bits per heavy atom. The van der Waals surface area contributed by atoms with E-state index in [-0.39, 0.29) is 5.38 Å². The van der Waals surface area contributed by atoms with E-state index in [1.54, 1.807) is 0 Å². The number of pyridine rings is 1. The summed E-state index contributed by atoms with van der Waals surface area (Å²) in [7, 11) is 3.90.